The van der Waals surface area contributed by atoms with Crippen molar-refractivity contribution < 1.29 is 23.8 Å². The summed E-state index contributed by atoms with van der Waals surface area (Å²) < 4.78 is 19.4. The summed E-state index contributed by atoms with van der Waals surface area (Å²) in [7, 11) is 0. The van der Waals surface area contributed by atoms with Crippen LogP contribution in [0.1, 0.15) is 111 Å². The van der Waals surface area contributed by atoms with E-state index in [-0.39, 0.29) is 18.2 Å². The lowest BCUT2D eigenvalue weighted by Crippen LogP contribution is -2.41. The highest BCUT2D eigenvalue weighted by atomic mass is 16.6. The standard InChI is InChI=1S/C40H48N4O5/c1-7-26-24-29(17-18-30(26)27-20-22-43(23-21-27)39(46)49-40(4,5)6)48-35-19-16-28-12-10-13-31(37(28)35)33-14-11-15-36(42-33)44-34(8-2)32(25-41-44)38(45)47-9-3/h10-15,17-18,24-25,27,35H,7-9,16,19-23H2,1-6H3. The van der Waals surface area contributed by atoms with Gasteiger partial charge >= 0.3 is 12.1 Å². The number of aryl methyl sites for hydroxylation is 2. The minimum Gasteiger partial charge on any atom is -0.486 e. The summed E-state index contributed by atoms with van der Waals surface area (Å²) in [5, 5.41) is 4.53. The number of likely N-dealkylation sites (tertiary alicyclic amines) is 1. The largest absolute Gasteiger partial charge is 0.486 e. The highest BCUT2D eigenvalue weighted by Gasteiger charge is 2.31. The fourth-order valence-electron chi connectivity index (χ4n) is 7.19. The molecule has 3 heterocycles. The zero-order valence-corrected chi connectivity index (χ0v) is 29.6. The lowest BCUT2D eigenvalue weighted by Gasteiger charge is -2.34. The second kappa shape index (κ2) is 14.4. The molecule has 1 fully saturated rings. The summed E-state index contributed by atoms with van der Waals surface area (Å²) in [6.07, 6.45) is 6.42. The summed E-state index contributed by atoms with van der Waals surface area (Å²) in [6, 6.07) is 18.9. The summed E-state index contributed by atoms with van der Waals surface area (Å²) in [4.78, 5) is 32.0. The molecule has 2 aromatic heterocycles. The summed E-state index contributed by atoms with van der Waals surface area (Å²) >= 11 is 0. The number of rotatable bonds is 9. The number of pyridine rings is 1. The quantitative estimate of drug-likeness (QED) is 0.166. The average molecular weight is 665 g/mol. The van der Waals surface area contributed by atoms with Crippen LogP contribution in [0.2, 0.25) is 0 Å². The normalized spacial score (nSPS) is 16.4. The van der Waals surface area contributed by atoms with Crippen LogP contribution in [0.15, 0.2) is 60.8 Å². The van der Waals surface area contributed by atoms with E-state index in [1.165, 1.54) is 22.3 Å². The predicted octanol–water partition coefficient (Wildman–Crippen LogP) is 8.42. The van der Waals surface area contributed by atoms with Gasteiger partial charge < -0.3 is 19.1 Å². The Hall–Kier alpha value is -4.66. The molecule has 9 nitrogen and oxygen atoms in total. The molecule has 0 N–H and O–H groups in total. The minimum atomic E-state index is -0.490. The van der Waals surface area contributed by atoms with Crippen molar-refractivity contribution in [3.63, 3.8) is 0 Å². The van der Waals surface area contributed by atoms with Crippen LogP contribution >= 0.6 is 0 Å². The first-order valence-corrected chi connectivity index (χ1v) is 17.7. The van der Waals surface area contributed by atoms with Gasteiger partial charge in [-0.2, -0.15) is 5.10 Å². The van der Waals surface area contributed by atoms with Crippen LogP contribution in [0.4, 0.5) is 4.79 Å². The Balaban J connectivity index is 1.21. The molecule has 1 saturated heterocycles. The zero-order valence-electron chi connectivity index (χ0n) is 29.6. The second-order valence-electron chi connectivity index (χ2n) is 13.9. The molecule has 1 aliphatic heterocycles. The Labute approximate surface area is 289 Å². The highest BCUT2D eigenvalue weighted by Crippen LogP contribution is 2.42. The molecule has 9 heteroatoms. The monoisotopic (exact) mass is 664 g/mol. The van der Waals surface area contributed by atoms with Gasteiger partial charge in [0.2, 0.25) is 0 Å². The van der Waals surface area contributed by atoms with E-state index >= 15 is 0 Å². The first kappa shape index (κ1) is 34.2. The van der Waals surface area contributed by atoms with Gasteiger partial charge in [-0.3, -0.25) is 0 Å². The van der Waals surface area contributed by atoms with Crippen LogP contribution in [0, 0.1) is 0 Å². The van der Waals surface area contributed by atoms with Crippen molar-refractivity contribution in [2.75, 3.05) is 19.7 Å². The molecule has 0 spiro atoms. The molecule has 1 amide bonds. The minimum absolute atomic E-state index is 0.101. The first-order chi connectivity index (χ1) is 23.6. The summed E-state index contributed by atoms with van der Waals surface area (Å²) in [5.41, 5.74) is 7.72. The Kier molecular flexibility index (Phi) is 10.1. The summed E-state index contributed by atoms with van der Waals surface area (Å²) in [6.45, 7) is 13.4. The van der Waals surface area contributed by atoms with Crippen LogP contribution in [-0.4, -0.2) is 57.0 Å². The Morgan fingerprint density at radius 3 is 2.43 bits per heavy atom. The Bertz CT molecular complexity index is 1820. The van der Waals surface area contributed by atoms with Gasteiger partial charge in [-0.15, -0.1) is 0 Å². The van der Waals surface area contributed by atoms with Crippen molar-refractivity contribution in [1.82, 2.24) is 19.7 Å². The van der Waals surface area contributed by atoms with Crippen LogP contribution in [0.5, 0.6) is 5.75 Å². The average Bonchev–Trinajstić information content (AvgIpc) is 3.72. The van der Waals surface area contributed by atoms with Crippen molar-refractivity contribution in [2.24, 2.45) is 0 Å². The lowest BCUT2D eigenvalue weighted by molar-refractivity contribution is 0.0204. The van der Waals surface area contributed by atoms with E-state index in [2.05, 4.69) is 48.4 Å². The third kappa shape index (κ3) is 7.36. The number of fused-ring (bicyclic) bond motifs is 1. The van der Waals surface area contributed by atoms with E-state index < -0.39 is 5.60 Å². The molecule has 0 bridgehead atoms. The van der Waals surface area contributed by atoms with Gasteiger partial charge in [0.1, 0.15) is 23.0 Å². The second-order valence-corrected chi connectivity index (χ2v) is 13.9. The van der Waals surface area contributed by atoms with Gasteiger partial charge in [0, 0.05) is 24.2 Å². The van der Waals surface area contributed by atoms with E-state index in [0.29, 0.717) is 43.4 Å². The first-order valence-electron chi connectivity index (χ1n) is 17.7. The lowest BCUT2D eigenvalue weighted by atomic mass is 9.86. The number of benzene rings is 2. The number of aromatic nitrogens is 3. The van der Waals surface area contributed by atoms with Gasteiger partial charge in [0.15, 0.2) is 5.82 Å². The Morgan fingerprint density at radius 1 is 0.939 bits per heavy atom. The number of nitrogens with zero attached hydrogens (tertiary/aromatic N) is 4. The SMILES string of the molecule is CCOC(=O)c1cnn(-c2cccc(-c3cccc4c3C(Oc3ccc(C5CCN(C(=O)OC(C)(C)C)CC5)c(CC)c3)CC4)n2)c1CC. The molecule has 1 aliphatic carbocycles. The van der Waals surface area contributed by atoms with E-state index in [9.17, 15) is 9.59 Å². The maximum absolute atomic E-state index is 12.6. The molecule has 4 aromatic rings. The molecule has 49 heavy (non-hydrogen) atoms. The van der Waals surface area contributed by atoms with Crippen molar-refractivity contribution in [2.45, 2.75) is 97.7 Å². The van der Waals surface area contributed by atoms with Crippen LogP contribution in [0.25, 0.3) is 17.1 Å². The maximum Gasteiger partial charge on any atom is 0.410 e. The van der Waals surface area contributed by atoms with Gasteiger partial charge in [0.25, 0.3) is 0 Å². The molecule has 1 atom stereocenters. The number of carbonyl (C=O) groups is 2. The fraction of sp³-hybridized carbons (Fsp3) is 0.450. The molecular weight excluding hydrogens is 616 g/mol. The molecule has 2 aliphatic rings. The molecule has 6 rings (SSSR count). The number of ether oxygens (including phenoxy) is 3. The number of esters is 1. The number of piperidine rings is 1. The molecule has 258 valence electrons. The van der Waals surface area contributed by atoms with E-state index in [1.807, 2.05) is 50.8 Å². The van der Waals surface area contributed by atoms with E-state index in [0.717, 1.165) is 54.8 Å². The zero-order chi connectivity index (χ0) is 34.7. The molecule has 0 radical (unpaired) electrons. The van der Waals surface area contributed by atoms with Crippen LogP contribution < -0.4 is 4.74 Å². The predicted molar refractivity (Wildman–Crippen MR) is 189 cm³/mol. The molecule has 0 saturated carbocycles. The fourth-order valence-corrected chi connectivity index (χ4v) is 7.19. The smallest absolute Gasteiger partial charge is 0.410 e. The van der Waals surface area contributed by atoms with Crippen molar-refractivity contribution in [3.05, 3.63) is 94.3 Å². The highest BCUT2D eigenvalue weighted by molar-refractivity contribution is 5.90. The van der Waals surface area contributed by atoms with Crippen LogP contribution in [0.3, 0.4) is 0 Å². The molecule has 2 aromatic carbocycles. The third-order valence-electron chi connectivity index (χ3n) is 9.48. The van der Waals surface area contributed by atoms with Crippen molar-refractivity contribution >= 4 is 12.1 Å². The molecular formula is C40H48N4O5. The summed E-state index contributed by atoms with van der Waals surface area (Å²) in [5.74, 6) is 1.55. The number of amides is 1. The third-order valence-corrected chi connectivity index (χ3v) is 9.48. The van der Waals surface area contributed by atoms with Crippen LogP contribution in [-0.2, 0) is 28.7 Å². The Morgan fingerprint density at radius 2 is 1.71 bits per heavy atom. The topological polar surface area (TPSA) is 95.8 Å². The number of hydrogen-bond acceptors (Lipinski definition) is 7. The van der Waals surface area contributed by atoms with Gasteiger partial charge in [-0.1, -0.05) is 44.2 Å². The number of hydrogen-bond donors (Lipinski definition) is 0. The molecule has 1 unspecified atom stereocenters. The van der Waals surface area contributed by atoms with Crippen molar-refractivity contribution in [3.8, 4) is 22.8 Å². The maximum atomic E-state index is 12.6. The number of carbonyl (C=O) groups excluding carboxylic acids is 2. The van der Waals surface area contributed by atoms with Gasteiger partial charge in [-0.05, 0) is 113 Å². The van der Waals surface area contributed by atoms with E-state index in [4.69, 9.17) is 19.2 Å². The van der Waals surface area contributed by atoms with Gasteiger partial charge in [-0.25, -0.2) is 19.3 Å². The van der Waals surface area contributed by atoms with E-state index in [1.54, 1.807) is 17.8 Å². The van der Waals surface area contributed by atoms with Gasteiger partial charge in [0.05, 0.1) is 24.2 Å². The van der Waals surface area contributed by atoms with Crippen molar-refractivity contribution in [1.29, 1.82) is 0 Å².